The maximum atomic E-state index is 11.8. The van der Waals surface area contributed by atoms with Crippen molar-refractivity contribution < 1.29 is 4.79 Å². The fourth-order valence-electron chi connectivity index (χ4n) is 2.82. The van der Waals surface area contributed by atoms with E-state index in [4.69, 9.17) is 11.6 Å². The maximum absolute atomic E-state index is 11.8. The molecule has 23 heavy (non-hydrogen) atoms. The average Bonchev–Trinajstić information content (AvgIpc) is 2.97. The molecule has 2 N–H and O–H groups in total. The van der Waals surface area contributed by atoms with E-state index in [1.807, 2.05) is 0 Å². The number of nitrogens with zero attached hydrogens (tertiary/aromatic N) is 4. The number of aromatic nitrogens is 3. The number of nitriles is 1. The van der Waals surface area contributed by atoms with Gasteiger partial charge in [-0.1, -0.05) is 6.58 Å². The Morgan fingerprint density at radius 3 is 3.17 bits per heavy atom. The highest BCUT2D eigenvalue weighted by atomic mass is 35.5. The Balaban J connectivity index is 1.89. The number of hydrogen-bond donors (Lipinski definition) is 2. The smallest absolute Gasteiger partial charge is 0.246 e. The second-order valence-corrected chi connectivity index (χ2v) is 5.69. The normalized spacial score (nSPS) is 17.7. The van der Waals surface area contributed by atoms with Gasteiger partial charge in [0.25, 0.3) is 0 Å². The molecule has 0 saturated carbocycles. The highest BCUT2D eigenvalue weighted by Crippen LogP contribution is 2.27. The van der Waals surface area contributed by atoms with Gasteiger partial charge in [0.1, 0.15) is 17.5 Å². The molecule has 1 atom stereocenters. The quantitative estimate of drug-likeness (QED) is 0.663. The van der Waals surface area contributed by atoms with Crippen LogP contribution < -0.4 is 5.32 Å². The fourth-order valence-corrected chi connectivity index (χ4v) is 2.98. The van der Waals surface area contributed by atoms with Crippen LogP contribution in [-0.2, 0) is 4.79 Å². The van der Waals surface area contributed by atoms with Crippen molar-refractivity contribution in [3.63, 3.8) is 0 Å². The highest BCUT2D eigenvalue weighted by Gasteiger charge is 2.24. The van der Waals surface area contributed by atoms with Crippen LogP contribution in [0, 0.1) is 11.3 Å². The molecule has 1 aliphatic heterocycles. The highest BCUT2D eigenvalue weighted by molar-refractivity contribution is 6.28. The van der Waals surface area contributed by atoms with Crippen LogP contribution in [0.3, 0.4) is 0 Å². The standard InChI is InChI=1S/C15H15ClN6O/c1-2-11(23)22-5-3-4-10(8-22)19-14-12-9(6-17)7-18-13(12)20-15(16)21-14/h2,7,10H,1,3-5,8H2,(H2,18,19,20,21)/t10-/m1/s1. The third-order valence-electron chi connectivity index (χ3n) is 3.87. The van der Waals surface area contributed by atoms with Gasteiger partial charge in [-0.2, -0.15) is 15.2 Å². The van der Waals surface area contributed by atoms with Crippen molar-refractivity contribution in [2.24, 2.45) is 0 Å². The van der Waals surface area contributed by atoms with Crippen LogP contribution in [0.2, 0.25) is 5.28 Å². The number of amides is 1. The van der Waals surface area contributed by atoms with E-state index < -0.39 is 0 Å². The summed E-state index contributed by atoms with van der Waals surface area (Å²) in [4.78, 5) is 24.7. The van der Waals surface area contributed by atoms with Crippen LogP contribution in [0.5, 0.6) is 0 Å². The number of carbonyl (C=O) groups excluding carboxylic acids is 1. The molecular weight excluding hydrogens is 316 g/mol. The zero-order valence-electron chi connectivity index (χ0n) is 12.3. The number of halogens is 1. The Hall–Kier alpha value is -2.59. The van der Waals surface area contributed by atoms with Crippen molar-refractivity contribution in [3.05, 3.63) is 29.7 Å². The number of nitrogens with one attached hydrogen (secondary N) is 2. The monoisotopic (exact) mass is 330 g/mol. The summed E-state index contributed by atoms with van der Waals surface area (Å²) in [5.74, 6) is 0.428. The number of H-pyrrole nitrogens is 1. The molecule has 0 aliphatic carbocycles. The van der Waals surface area contributed by atoms with Gasteiger partial charge in [-0.05, 0) is 30.5 Å². The topological polar surface area (TPSA) is 97.7 Å². The van der Waals surface area contributed by atoms with Crippen LogP contribution in [0.4, 0.5) is 5.82 Å². The number of hydrogen-bond acceptors (Lipinski definition) is 5. The Bertz CT molecular complexity index is 808. The van der Waals surface area contributed by atoms with Gasteiger partial charge in [0.15, 0.2) is 0 Å². The fraction of sp³-hybridized carbons (Fsp3) is 0.333. The zero-order valence-corrected chi connectivity index (χ0v) is 13.1. The van der Waals surface area contributed by atoms with E-state index in [0.29, 0.717) is 29.0 Å². The average molecular weight is 331 g/mol. The summed E-state index contributed by atoms with van der Waals surface area (Å²) >= 11 is 5.95. The summed E-state index contributed by atoms with van der Waals surface area (Å²) in [6.45, 7) is 4.80. The molecule has 3 rings (SSSR count). The van der Waals surface area contributed by atoms with Gasteiger partial charge in [-0.15, -0.1) is 0 Å². The predicted molar refractivity (Wildman–Crippen MR) is 87.0 cm³/mol. The minimum absolute atomic E-state index is 0.0308. The van der Waals surface area contributed by atoms with E-state index in [2.05, 4.69) is 32.9 Å². The lowest BCUT2D eigenvalue weighted by Crippen LogP contribution is -2.44. The summed E-state index contributed by atoms with van der Waals surface area (Å²) in [5, 5.41) is 13.2. The first-order valence-corrected chi connectivity index (χ1v) is 7.62. The summed E-state index contributed by atoms with van der Waals surface area (Å²) < 4.78 is 0. The third kappa shape index (κ3) is 2.98. The van der Waals surface area contributed by atoms with Crippen molar-refractivity contribution in [1.29, 1.82) is 5.26 Å². The molecule has 8 heteroatoms. The van der Waals surface area contributed by atoms with Gasteiger partial charge in [0.05, 0.1) is 10.9 Å². The molecule has 0 bridgehead atoms. The number of aromatic amines is 1. The first-order chi connectivity index (χ1) is 11.1. The lowest BCUT2D eigenvalue weighted by Gasteiger charge is -2.32. The Morgan fingerprint density at radius 2 is 2.43 bits per heavy atom. The minimum atomic E-state index is -0.0817. The summed E-state index contributed by atoms with van der Waals surface area (Å²) in [6.07, 6.45) is 4.69. The van der Waals surface area contributed by atoms with E-state index in [1.54, 1.807) is 11.1 Å². The summed E-state index contributed by atoms with van der Waals surface area (Å²) in [5.41, 5.74) is 0.966. The third-order valence-corrected chi connectivity index (χ3v) is 4.04. The molecule has 0 spiro atoms. The second-order valence-electron chi connectivity index (χ2n) is 5.35. The Morgan fingerprint density at radius 1 is 1.61 bits per heavy atom. The van der Waals surface area contributed by atoms with Crippen molar-refractivity contribution in [1.82, 2.24) is 19.9 Å². The lowest BCUT2D eigenvalue weighted by molar-refractivity contribution is -0.127. The van der Waals surface area contributed by atoms with Gasteiger partial charge in [0, 0.05) is 25.3 Å². The first kappa shape index (κ1) is 15.3. The Kier molecular flexibility index (Phi) is 4.17. The molecule has 2 aromatic rings. The molecule has 0 unspecified atom stereocenters. The van der Waals surface area contributed by atoms with E-state index in [0.717, 1.165) is 19.4 Å². The van der Waals surface area contributed by atoms with Gasteiger partial charge in [-0.25, -0.2) is 0 Å². The Labute approximate surface area is 138 Å². The van der Waals surface area contributed by atoms with E-state index >= 15 is 0 Å². The van der Waals surface area contributed by atoms with Crippen LogP contribution in [-0.4, -0.2) is 44.9 Å². The zero-order chi connectivity index (χ0) is 16.4. The molecule has 1 fully saturated rings. The molecule has 118 valence electrons. The lowest BCUT2D eigenvalue weighted by atomic mass is 10.1. The number of rotatable bonds is 3. The number of piperidine rings is 1. The van der Waals surface area contributed by atoms with Crippen LogP contribution in [0.15, 0.2) is 18.9 Å². The van der Waals surface area contributed by atoms with Crippen molar-refractivity contribution >= 4 is 34.4 Å². The van der Waals surface area contributed by atoms with E-state index in [-0.39, 0.29) is 17.2 Å². The second kappa shape index (κ2) is 6.26. The summed E-state index contributed by atoms with van der Waals surface area (Å²) in [6, 6.07) is 2.14. The molecule has 0 aromatic carbocycles. The largest absolute Gasteiger partial charge is 0.365 e. The van der Waals surface area contributed by atoms with Gasteiger partial charge < -0.3 is 15.2 Å². The minimum Gasteiger partial charge on any atom is -0.365 e. The molecule has 0 radical (unpaired) electrons. The first-order valence-electron chi connectivity index (χ1n) is 7.25. The molecule has 2 aromatic heterocycles. The molecule has 1 saturated heterocycles. The van der Waals surface area contributed by atoms with Crippen molar-refractivity contribution in [2.45, 2.75) is 18.9 Å². The molecule has 7 nitrogen and oxygen atoms in total. The van der Waals surface area contributed by atoms with Crippen molar-refractivity contribution in [3.8, 4) is 6.07 Å². The molecular formula is C15H15ClN6O. The van der Waals surface area contributed by atoms with Crippen LogP contribution >= 0.6 is 11.6 Å². The predicted octanol–water partition coefficient (Wildman–Crippen LogP) is 2.07. The SMILES string of the molecule is C=CC(=O)N1CCC[C@@H](Nc2nc(Cl)nc3[nH]cc(C#N)c23)C1. The molecule has 3 heterocycles. The van der Waals surface area contributed by atoms with Gasteiger partial charge in [0.2, 0.25) is 11.2 Å². The number of anilines is 1. The number of fused-ring (bicyclic) bond motifs is 1. The number of carbonyl (C=O) groups is 1. The van der Waals surface area contributed by atoms with E-state index in [1.165, 1.54) is 6.08 Å². The maximum Gasteiger partial charge on any atom is 0.246 e. The van der Waals surface area contributed by atoms with Gasteiger partial charge in [-0.3, -0.25) is 4.79 Å². The number of likely N-dealkylation sites (tertiary alicyclic amines) is 1. The molecule has 1 aliphatic rings. The van der Waals surface area contributed by atoms with Crippen LogP contribution in [0.1, 0.15) is 18.4 Å². The molecule has 1 amide bonds. The van der Waals surface area contributed by atoms with Crippen molar-refractivity contribution in [2.75, 3.05) is 18.4 Å². The van der Waals surface area contributed by atoms with E-state index in [9.17, 15) is 10.1 Å². The van der Waals surface area contributed by atoms with Gasteiger partial charge >= 0.3 is 0 Å². The summed E-state index contributed by atoms with van der Waals surface area (Å²) in [7, 11) is 0. The van der Waals surface area contributed by atoms with Crippen LogP contribution in [0.25, 0.3) is 11.0 Å².